The predicted octanol–water partition coefficient (Wildman–Crippen LogP) is 5.27. The summed E-state index contributed by atoms with van der Waals surface area (Å²) in [6.07, 6.45) is 2.73. The van der Waals surface area contributed by atoms with E-state index in [1.165, 1.54) is 12.2 Å². The maximum absolute atomic E-state index is 13.9. The highest BCUT2D eigenvalue weighted by Crippen LogP contribution is 2.36. The first-order valence-corrected chi connectivity index (χ1v) is 11.0. The Labute approximate surface area is 145 Å². The highest BCUT2D eigenvalue weighted by molar-refractivity contribution is 6.74. The first kappa shape index (κ1) is 20.7. The third-order valence-electron chi connectivity index (χ3n) is 4.35. The molecular weight excluding hydrogens is 326 g/mol. The number of rotatable bonds is 7. The van der Waals surface area contributed by atoms with E-state index in [1.54, 1.807) is 12.1 Å². The van der Waals surface area contributed by atoms with Crippen LogP contribution in [0.2, 0.25) is 18.1 Å². The first-order chi connectivity index (χ1) is 11.0. The van der Waals surface area contributed by atoms with Gasteiger partial charge in [-0.1, -0.05) is 63.3 Å². The summed E-state index contributed by atoms with van der Waals surface area (Å²) in [5.41, 5.74) is 0.762. The van der Waals surface area contributed by atoms with Crippen molar-refractivity contribution in [1.29, 1.82) is 0 Å². The van der Waals surface area contributed by atoms with Gasteiger partial charge >= 0.3 is 0 Å². The van der Waals surface area contributed by atoms with Gasteiger partial charge in [0.25, 0.3) is 5.92 Å². The number of aliphatic hydroxyl groups is 1. The summed E-state index contributed by atoms with van der Waals surface area (Å²) >= 11 is 0. The lowest BCUT2D eigenvalue weighted by Crippen LogP contribution is -2.40. The molecule has 0 fully saturated rings. The molecule has 0 aliphatic carbocycles. The second kappa shape index (κ2) is 8.19. The average Bonchev–Trinajstić information content (AvgIpc) is 2.49. The van der Waals surface area contributed by atoms with Crippen molar-refractivity contribution in [2.24, 2.45) is 0 Å². The molecule has 1 aromatic rings. The summed E-state index contributed by atoms with van der Waals surface area (Å²) in [5, 5.41) is 9.74. The van der Waals surface area contributed by atoms with Gasteiger partial charge in [0, 0.05) is 0 Å². The molecule has 1 rings (SSSR count). The standard InChI is InChI=1S/C19H28F2O2Si/c1-18(2,3)24(4,5)23-15-9-14-19(20,21)17(22)13-12-16-10-7-6-8-11-16/h6-14,17,22H,15H2,1-5H3/b13-12+,14-9-/t17-/m0/s1. The summed E-state index contributed by atoms with van der Waals surface area (Å²) in [5.74, 6) is -3.33. The summed E-state index contributed by atoms with van der Waals surface area (Å²) in [4.78, 5) is 0. The van der Waals surface area contributed by atoms with Gasteiger partial charge in [-0.15, -0.1) is 0 Å². The Morgan fingerprint density at radius 3 is 2.29 bits per heavy atom. The van der Waals surface area contributed by atoms with E-state index < -0.39 is 20.3 Å². The van der Waals surface area contributed by atoms with Gasteiger partial charge in [0.1, 0.15) is 6.10 Å². The molecule has 134 valence electrons. The molecule has 24 heavy (non-hydrogen) atoms. The fourth-order valence-corrected chi connectivity index (χ4v) is 2.62. The van der Waals surface area contributed by atoms with Gasteiger partial charge in [0.2, 0.25) is 0 Å². The minimum Gasteiger partial charge on any atom is -0.413 e. The van der Waals surface area contributed by atoms with E-state index in [9.17, 15) is 13.9 Å². The minimum absolute atomic E-state index is 0.0291. The van der Waals surface area contributed by atoms with Crippen molar-refractivity contribution >= 4 is 14.4 Å². The van der Waals surface area contributed by atoms with Crippen LogP contribution in [0.25, 0.3) is 6.08 Å². The predicted molar refractivity (Wildman–Crippen MR) is 98.7 cm³/mol. The molecule has 0 heterocycles. The van der Waals surface area contributed by atoms with Crippen LogP contribution in [0.3, 0.4) is 0 Å². The number of hydrogen-bond acceptors (Lipinski definition) is 2. The topological polar surface area (TPSA) is 29.5 Å². The minimum atomic E-state index is -3.33. The molecule has 0 aromatic heterocycles. The van der Waals surface area contributed by atoms with Crippen molar-refractivity contribution in [2.75, 3.05) is 6.61 Å². The van der Waals surface area contributed by atoms with E-state index in [4.69, 9.17) is 4.43 Å². The van der Waals surface area contributed by atoms with Crippen molar-refractivity contribution in [3.63, 3.8) is 0 Å². The lowest BCUT2D eigenvalue weighted by Gasteiger charge is -2.35. The molecule has 0 unspecified atom stereocenters. The summed E-state index contributed by atoms with van der Waals surface area (Å²) < 4.78 is 33.7. The van der Waals surface area contributed by atoms with Crippen LogP contribution in [0.4, 0.5) is 8.78 Å². The zero-order valence-corrected chi connectivity index (χ0v) is 16.1. The largest absolute Gasteiger partial charge is 0.413 e. The van der Waals surface area contributed by atoms with Gasteiger partial charge < -0.3 is 9.53 Å². The van der Waals surface area contributed by atoms with E-state index >= 15 is 0 Å². The van der Waals surface area contributed by atoms with E-state index in [0.29, 0.717) is 0 Å². The van der Waals surface area contributed by atoms with Crippen molar-refractivity contribution in [2.45, 2.75) is 50.9 Å². The van der Waals surface area contributed by atoms with Gasteiger partial charge in [0.15, 0.2) is 8.32 Å². The van der Waals surface area contributed by atoms with Crippen molar-refractivity contribution in [3.05, 3.63) is 54.1 Å². The lowest BCUT2D eigenvalue weighted by molar-refractivity contribution is -0.0449. The van der Waals surface area contributed by atoms with Gasteiger partial charge in [-0.25, -0.2) is 0 Å². The molecule has 0 spiro atoms. The highest BCUT2D eigenvalue weighted by Gasteiger charge is 2.37. The molecule has 0 aliphatic heterocycles. The molecular formula is C19H28F2O2Si. The summed E-state index contributed by atoms with van der Waals surface area (Å²) in [6.45, 7) is 10.5. The molecule has 0 aliphatic rings. The van der Waals surface area contributed by atoms with E-state index in [2.05, 4.69) is 33.9 Å². The zero-order valence-electron chi connectivity index (χ0n) is 15.1. The van der Waals surface area contributed by atoms with Crippen LogP contribution < -0.4 is 0 Å². The van der Waals surface area contributed by atoms with Crippen molar-refractivity contribution < 1.29 is 18.3 Å². The van der Waals surface area contributed by atoms with E-state index in [-0.39, 0.29) is 11.6 Å². The monoisotopic (exact) mass is 354 g/mol. The van der Waals surface area contributed by atoms with Crippen LogP contribution in [-0.4, -0.2) is 32.1 Å². The van der Waals surface area contributed by atoms with Gasteiger partial charge in [0.05, 0.1) is 6.61 Å². The van der Waals surface area contributed by atoms with E-state index in [0.717, 1.165) is 17.7 Å². The Balaban J connectivity index is 2.60. The second-order valence-corrected chi connectivity index (χ2v) is 12.2. The number of aliphatic hydroxyl groups excluding tert-OH is 1. The fourth-order valence-electron chi connectivity index (χ4n) is 1.67. The molecule has 1 N–H and O–H groups in total. The Morgan fingerprint density at radius 2 is 1.75 bits per heavy atom. The smallest absolute Gasteiger partial charge is 0.295 e. The van der Waals surface area contributed by atoms with E-state index in [1.807, 2.05) is 18.2 Å². The fraction of sp³-hybridized carbons (Fsp3) is 0.474. The van der Waals surface area contributed by atoms with Gasteiger partial charge in [-0.3, -0.25) is 0 Å². The Kier molecular flexibility index (Phi) is 7.07. The molecule has 0 saturated heterocycles. The SMILES string of the molecule is CC(C)(C)[Si](C)(C)OC/C=C\C(F)(F)[C@@H](O)/C=C/c1ccccc1. The third-order valence-corrected chi connectivity index (χ3v) is 8.85. The van der Waals surface area contributed by atoms with Crippen LogP contribution in [-0.2, 0) is 4.43 Å². The zero-order chi connectivity index (χ0) is 18.4. The molecule has 0 bridgehead atoms. The Morgan fingerprint density at radius 1 is 1.17 bits per heavy atom. The van der Waals surface area contributed by atoms with Crippen LogP contribution in [0.5, 0.6) is 0 Å². The average molecular weight is 355 g/mol. The number of benzene rings is 1. The van der Waals surface area contributed by atoms with Crippen LogP contribution in [0, 0.1) is 0 Å². The summed E-state index contributed by atoms with van der Waals surface area (Å²) in [7, 11) is -1.96. The van der Waals surface area contributed by atoms with Gasteiger partial charge in [-0.2, -0.15) is 8.78 Å². The molecule has 0 saturated carbocycles. The second-order valence-electron chi connectivity index (χ2n) is 7.36. The number of alkyl halides is 2. The molecule has 1 aromatic carbocycles. The van der Waals surface area contributed by atoms with Gasteiger partial charge in [-0.05, 0) is 35.8 Å². The van der Waals surface area contributed by atoms with Crippen molar-refractivity contribution in [1.82, 2.24) is 0 Å². The Bertz CT molecular complexity index is 560. The quantitative estimate of drug-likeness (QED) is 0.533. The third kappa shape index (κ3) is 6.30. The van der Waals surface area contributed by atoms with Crippen LogP contribution in [0.15, 0.2) is 48.6 Å². The molecule has 0 amide bonds. The van der Waals surface area contributed by atoms with Crippen LogP contribution >= 0.6 is 0 Å². The maximum atomic E-state index is 13.9. The molecule has 0 radical (unpaired) electrons. The Hall–Kier alpha value is -1.30. The molecule has 2 nitrogen and oxygen atoms in total. The highest BCUT2D eigenvalue weighted by atomic mass is 28.4. The summed E-state index contributed by atoms with van der Waals surface area (Å²) in [6, 6.07) is 9.02. The number of hydrogen-bond donors (Lipinski definition) is 1. The van der Waals surface area contributed by atoms with Crippen molar-refractivity contribution in [3.8, 4) is 0 Å². The molecule has 1 atom stereocenters. The van der Waals surface area contributed by atoms with Crippen LogP contribution in [0.1, 0.15) is 26.3 Å². The first-order valence-electron chi connectivity index (χ1n) is 8.06. The normalized spacial score (nSPS) is 15.3. The number of halogens is 2. The molecule has 5 heteroatoms. The maximum Gasteiger partial charge on any atom is 0.295 e. The lowest BCUT2D eigenvalue weighted by atomic mass is 10.1.